The second-order valence-corrected chi connectivity index (χ2v) is 6.17. The van der Waals surface area contributed by atoms with Gasteiger partial charge in [-0.3, -0.25) is 9.59 Å². The molecule has 6 heteroatoms. The van der Waals surface area contributed by atoms with Gasteiger partial charge >= 0.3 is 5.97 Å². The van der Waals surface area contributed by atoms with E-state index in [1.165, 1.54) is 6.07 Å². The van der Waals surface area contributed by atoms with Gasteiger partial charge in [-0.05, 0) is 24.5 Å². The van der Waals surface area contributed by atoms with Gasteiger partial charge in [-0.2, -0.15) is 0 Å². The number of carbonyl (C=O) groups is 2. The first-order valence-corrected chi connectivity index (χ1v) is 7.75. The highest BCUT2D eigenvalue weighted by molar-refractivity contribution is 6.30. The molecule has 0 bridgehead atoms. The fourth-order valence-corrected chi connectivity index (χ4v) is 3.26. The molecule has 2 rings (SSSR count). The van der Waals surface area contributed by atoms with Gasteiger partial charge < -0.3 is 10.4 Å². The van der Waals surface area contributed by atoms with Crippen LogP contribution in [0.3, 0.4) is 0 Å². The lowest BCUT2D eigenvalue weighted by molar-refractivity contribution is -0.138. The van der Waals surface area contributed by atoms with Gasteiger partial charge in [0, 0.05) is 18.4 Å². The molecular weight excluding hydrogens is 309 g/mol. The number of carboxylic acids is 1. The monoisotopic (exact) mass is 327 g/mol. The summed E-state index contributed by atoms with van der Waals surface area (Å²) < 4.78 is 14.4. The molecule has 1 amide bonds. The summed E-state index contributed by atoms with van der Waals surface area (Å²) in [5.74, 6) is -1.76. The molecule has 0 heterocycles. The summed E-state index contributed by atoms with van der Waals surface area (Å²) in [6, 6.07) is 4.94. The Morgan fingerprint density at radius 1 is 1.27 bits per heavy atom. The highest BCUT2D eigenvalue weighted by Crippen LogP contribution is 2.42. The van der Waals surface area contributed by atoms with Crippen LogP contribution in [0.5, 0.6) is 0 Å². The Hall–Kier alpha value is -1.62. The third kappa shape index (κ3) is 3.77. The molecule has 4 nitrogen and oxygen atoms in total. The van der Waals surface area contributed by atoms with Crippen molar-refractivity contribution in [2.75, 3.05) is 6.54 Å². The van der Waals surface area contributed by atoms with Gasteiger partial charge in [0.15, 0.2) is 0 Å². The smallest absolute Gasteiger partial charge is 0.303 e. The van der Waals surface area contributed by atoms with E-state index in [-0.39, 0.29) is 23.8 Å². The number of hydrogen-bond donors (Lipinski definition) is 2. The summed E-state index contributed by atoms with van der Waals surface area (Å²) in [7, 11) is 0. The summed E-state index contributed by atoms with van der Waals surface area (Å²) >= 11 is 5.87. The van der Waals surface area contributed by atoms with Crippen LogP contribution in [0.4, 0.5) is 4.39 Å². The molecule has 0 aromatic heterocycles. The van der Waals surface area contributed by atoms with E-state index in [1.807, 2.05) is 0 Å². The number of carboxylic acid groups (broad SMARTS) is 1. The number of rotatable bonds is 6. The van der Waals surface area contributed by atoms with E-state index in [0.717, 1.165) is 25.7 Å². The molecule has 1 fully saturated rings. The zero-order valence-corrected chi connectivity index (χ0v) is 13.0. The number of aliphatic carboxylic acids is 1. The second-order valence-electron chi connectivity index (χ2n) is 5.76. The van der Waals surface area contributed by atoms with E-state index in [0.29, 0.717) is 12.1 Å². The molecule has 0 saturated heterocycles. The van der Waals surface area contributed by atoms with Crippen molar-refractivity contribution in [1.82, 2.24) is 5.32 Å². The van der Waals surface area contributed by atoms with Crippen LogP contribution < -0.4 is 5.32 Å². The standard InChI is InChI=1S/C16H19ClFNO3/c17-12-5-3-4-11(15(12)18)16(8-1-2-9-16)10-19-13(20)6-7-14(21)22/h3-5H,1-2,6-10H2,(H,19,20)(H,21,22). The van der Waals surface area contributed by atoms with E-state index in [9.17, 15) is 14.0 Å². The Morgan fingerprint density at radius 2 is 1.95 bits per heavy atom. The predicted molar refractivity (Wildman–Crippen MR) is 81.4 cm³/mol. The molecule has 0 atom stereocenters. The van der Waals surface area contributed by atoms with Crippen LogP contribution in [0.15, 0.2) is 18.2 Å². The molecule has 1 saturated carbocycles. The Bertz CT molecular complexity index is 571. The minimum atomic E-state index is -1.01. The third-order valence-electron chi connectivity index (χ3n) is 4.27. The average Bonchev–Trinajstić information content (AvgIpc) is 2.95. The van der Waals surface area contributed by atoms with E-state index < -0.39 is 17.2 Å². The van der Waals surface area contributed by atoms with E-state index in [1.54, 1.807) is 12.1 Å². The topological polar surface area (TPSA) is 66.4 Å². The summed E-state index contributed by atoms with van der Waals surface area (Å²) in [5.41, 5.74) is 0.0875. The number of hydrogen-bond acceptors (Lipinski definition) is 2. The van der Waals surface area contributed by atoms with Crippen molar-refractivity contribution in [3.63, 3.8) is 0 Å². The van der Waals surface area contributed by atoms with Crippen LogP contribution in [0.2, 0.25) is 5.02 Å². The maximum absolute atomic E-state index is 14.4. The third-order valence-corrected chi connectivity index (χ3v) is 4.57. The van der Waals surface area contributed by atoms with E-state index in [2.05, 4.69) is 5.32 Å². The van der Waals surface area contributed by atoms with Crippen molar-refractivity contribution in [3.8, 4) is 0 Å². The molecule has 0 aliphatic heterocycles. The van der Waals surface area contributed by atoms with Crippen molar-refractivity contribution < 1.29 is 19.1 Å². The molecule has 1 aliphatic rings. The summed E-state index contributed by atoms with van der Waals surface area (Å²) in [5, 5.41) is 11.4. The van der Waals surface area contributed by atoms with Crippen LogP contribution in [-0.2, 0) is 15.0 Å². The molecular formula is C16H19ClFNO3. The first-order chi connectivity index (χ1) is 10.4. The van der Waals surface area contributed by atoms with Gasteiger partial charge in [0.25, 0.3) is 0 Å². The number of benzene rings is 1. The van der Waals surface area contributed by atoms with Gasteiger partial charge in [0.1, 0.15) is 5.82 Å². The predicted octanol–water partition coefficient (Wildman–Crippen LogP) is 3.27. The Labute approximate surface area is 133 Å². The SMILES string of the molecule is O=C(O)CCC(=O)NCC1(c2cccc(Cl)c2F)CCCC1. The van der Waals surface area contributed by atoms with E-state index in [4.69, 9.17) is 16.7 Å². The lowest BCUT2D eigenvalue weighted by atomic mass is 9.78. The van der Waals surface area contributed by atoms with Crippen molar-refractivity contribution in [2.45, 2.75) is 43.9 Å². The van der Waals surface area contributed by atoms with Gasteiger partial charge in [0.2, 0.25) is 5.91 Å². The molecule has 0 unspecified atom stereocenters. The Kier molecular flexibility index (Phi) is 5.40. The summed E-state index contributed by atoms with van der Waals surface area (Å²) in [6.07, 6.45) is 3.23. The van der Waals surface area contributed by atoms with E-state index >= 15 is 0 Å². The highest BCUT2D eigenvalue weighted by atomic mass is 35.5. The first kappa shape index (κ1) is 16.7. The molecule has 0 spiro atoms. The Morgan fingerprint density at radius 3 is 2.59 bits per heavy atom. The van der Waals surface area contributed by atoms with Crippen LogP contribution in [0, 0.1) is 5.82 Å². The molecule has 120 valence electrons. The number of carbonyl (C=O) groups excluding carboxylic acids is 1. The number of amides is 1. The Balaban J connectivity index is 2.11. The van der Waals surface area contributed by atoms with Gasteiger partial charge in [-0.25, -0.2) is 4.39 Å². The van der Waals surface area contributed by atoms with Crippen LogP contribution in [0.25, 0.3) is 0 Å². The quantitative estimate of drug-likeness (QED) is 0.842. The van der Waals surface area contributed by atoms with Crippen molar-refractivity contribution >= 4 is 23.5 Å². The average molecular weight is 328 g/mol. The minimum Gasteiger partial charge on any atom is -0.481 e. The second kappa shape index (κ2) is 7.09. The fourth-order valence-electron chi connectivity index (χ4n) is 3.08. The van der Waals surface area contributed by atoms with Crippen molar-refractivity contribution in [1.29, 1.82) is 0 Å². The summed E-state index contributed by atoms with van der Waals surface area (Å²) in [6.45, 7) is 0.308. The number of nitrogens with one attached hydrogen (secondary N) is 1. The fraction of sp³-hybridized carbons (Fsp3) is 0.500. The van der Waals surface area contributed by atoms with Gasteiger partial charge in [-0.1, -0.05) is 36.6 Å². The molecule has 1 aromatic rings. The lowest BCUT2D eigenvalue weighted by Gasteiger charge is -2.30. The van der Waals surface area contributed by atoms with Gasteiger partial charge in [0.05, 0.1) is 11.4 Å². The lowest BCUT2D eigenvalue weighted by Crippen LogP contribution is -2.39. The van der Waals surface area contributed by atoms with Crippen LogP contribution >= 0.6 is 11.6 Å². The van der Waals surface area contributed by atoms with Crippen molar-refractivity contribution in [2.24, 2.45) is 0 Å². The summed E-state index contributed by atoms with van der Waals surface area (Å²) in [4.78, 5) is 22.2. The highest BCUT2D eigenvalue weighted by Gasteiger charge is 2.38. The zero-order chi connectivity index (χ0) is 16.2. The maximum Gasteiger partial charge on any atom is 0.303 e. The minimum absolute atomic E-state index is 0.0660. The molecule has 0 radical (unpaired) electrons. The first-order valence-electron chi connectivity index (χ1n) is 7.38. The molecule has 1 aliphatic carbocycles. The largest absolute Gasteiger partial charge is 0.481 e. The van der Waals surface area contributed by atoms with Gasteiger partial charge in [-0.15, -0.1) is 0 Å². The van der Waals surface area contributed by atoms with Crippen molar-refractivity contribution in [3.05, 3.63) is 34.6 Å². The number of halogens is 2. The zero-order valence-electron chi connectivity index (χ0n) is 12.2. The normalized spacial score (nSPS) is 16.5. The molecule has 2 N–H and O–H groups in total. The van der Waals surface area contributed by atoms with Crippen LogP contribution in [0.1, 0.15) is 44.1 Å². The maximum atomic E-state index is 14.4. The molecule has 22 heavy (non-hydrogen) atoms. The van der Waals surface area contributed by atoms with Crippen LogP contribution in [-0.4, -0.2) is 23.5 Å². The molecule has 1 aromatic carbocycles.